The van der Waals surface area contributed by atoms with Crippen molar-refractivity contribution in [2.75, 3.05) is 13.1 Å². The summed E-state index contributed by atoms with van der Waals surface area (Å²) in [6, 6.07) is 3.27. The monoisotopic (exact) mass is 237 g/mol. The van der Waals surface area contributed by atoms with Crippen molar-refractivity contribution in [1.82, 2.24) is 15.4 Å². The van der Waals surface area contributed by atoms with Crippen LogP contribution < -0.4 is 5.32 Å². The summed E-state index contributed by atoms with van der Waals surface area (Å²) in [6.07, 6.45) is 2.37. The van der Waals surface area contributed by atoms with E-state index < -0.39 is 0 Å². The second-order valence-electron chi connectivity index (χ2n) is 4.93. The van der Waals surface area contributed by atoms with Crippen LogP contribution in [0.2, 0.25) is 0 Å². The van der Waals surface area contributed by atoms with E-state index in [1.165, 1.54) is 12.8 Å². The fraction of sp³-hybridized carbons (Fsp3) is 0.769. The SMILES string of the molecule is CCC1CN(Cc2cc(C)on2)C(CC)CN1. The maximum absolute atomic E-state index is 5.14. The van der Waals surface area contributed by atoms with Gasteiger partial charge in [-0.3, -0.25) is 4.90 Å². The van der Waals surface area contributed by atoms with Gasteiger partial charge in [0.05, 0.1) is 5.69 Å². The quantitative estimate of drug-likeness (QED) is 0.869. The predicted molar refractivity (Wildman–Crippen MR) is 67.8 cm³/mol. The molecule has 1 aromatic rings. The Bertz CT molecular complexity index is 350. The summed E-state index contributed by atoms with van der Waals surface area (Å²) in [5.41, 5.74) is 1.05. The Hall–Kier alpha value is -0.870. The van der Waals surface area contributed by atoms with E-state index in [4.69, 9.17) is 4.52 Å². The topological polar surface area (TPSA) is 41.3 Å². The summed E-state index contributed by atoms with van der Waals surface area (Å²) in [4.78, 5) is 2.53. The van der Waals surface area contributed by atoms with E-state index in [1.807, 2.05) is 13.0 Å². The Balaban J connectivity index is 2.00. The molecule has 2 heterocycles. The highest BCUT2D eigenvalue weighted by molar-refractivity contribution is 5.04. The summed E-state index contributed by atoms with van der Waals surface area (Å²) in [5.74, 6) is 0.898. The molecule has 96 valence electrons. The van der Waals surface area contributed by atoms with Crippen LogP contribution in [0.15, 0.2) is 10.6 Å². The Labute approximate surface area is 103 Å². The van der Waals surface area contributed by atoms with Crippen LogP contribution in [0.1, 0.15) is 38.1 Å². The van der Waals surface area contributed by atoms with Crippen molar-refractivity contribution in [2.24, 2.45) is 0 Å². The van der Waals surface area contributed by atoms with Crippen LogP contribution in [-0.2, 0) is 6.54 Å². The van der Waals surface area contributed by atoms with E-state index in [0.29, 0.717) is 12.1 Å². The van der Waals surface area contributed by atoms with Gasteiger partial charge in [0, 0.05) is 37.8 Å². The number of hydrogen-bond acceptors (Lipinski definition) is 4. The Morgan fingerprint density at radius 1 is 1.47 bits per heavy atom. The minimum atomic E-state index is 0.616. The molecule has 1 aliphatic heterocycles. The van der Waals surface area contributed by atoms with Gasteiger partial charge in [0.2, 0.25) is 0 Å². The Kier molecular flexibility index (Phi) is 4.18. The lowest BCUT2D eigenvalue weighted by Gasteiger charge is -2.39. The molecule has 1 saturated heterocycles. The molecule has 0 aliphatic carbocycles. The van der Waals surface area contributed by atoms with E-state index in [2.05, 4.69) is 29.2 Å². The first kappa shape index (κ1) is 12.6. The zero-order chi connectivity index (χ0) is 12.3. The zero-order valence-corrected chi connectivity index (χ0v) is 11.1. The van der Waals surface area contributed by atoms with Crippen LogP contribution in [0, 0.1) is 6.92 Å². The fourth-order valence-electron chi connectivity index (χ4n) is 2.50. The number of hydrogen-bond donors (Lipinski definition) is 1. The minimum Gasteiger partial charge on any atom is -0.361 e. The van der Waals surface area contributed by atoms with Gasteiger partial charge in [0.1, 0.15) is 5.76 Å². The van der Waals surface area contributed by atoms with E-state index in [1.54, 1.807) is 0 Å². The Morgan fingerprint density at radius 3 is 2.88 bits per heavy atom. The van der Waals surface area contributed by atoms with Gasteiger partial charge in [0.15, 0.2) is 0 Å². The highest BCUT2D eigenvalue weighted by Crippen LogP contribution is 2.15. The summed E-state index contributed by atoms with van der Waals surface area (Å²) in [7, 11) is 0. The highest BCUT2D eigenvalue weighted by atomic mass is 16.5. The van der Waals surface area contributed by atoms with Crippen LogP contribution >= 0.6 is 0 Å². The maximum atomic E-state index is 5.14. The molecule has 2 unspecified atom stereocenters. The molecule has 0 aromatic carbocycles. The van der Waals surface area contributed by atoms with Gasteiger partial charge in [-0.05, 0) is 19.8 Å². The first-order valence-corrected chi connectivity index (χ1v) is 6.62. The number of piperazine rings is 1. The molecule has 4 nitrogen and oxygen atoms in total. The molecule has 1 aromatic heterocycles. The van der Waals surface area contributed by atoms with Crippen molar-refractivity contribution >= 4 is 0 Å². The van der Waals surface area contributed by atoms with Crippen molar-refractivity contribution in [3.8, 4) is 0 Å². The molecule has 1 N–H and O–H groups in total. The third-order valence-electron chi connectivity index (χ3n) is 3.62. The van der Waals surface area contributed by atoms with Gasteiger partial charge in [-0.2, -0.15) is 0 Å². The van der Waals surface area contributed by atoms with Crippen LogP contribution in [0.4, 0.5) is 0 Å². The van der Waals surface area contributed by atoms with Gasteiger partial charge in [0.25, 0.3) is 0 Å². The summed E-state index contributed by atoms with van der Waals surface area (Å²) in [6.45, 7) is 9.54. The van der Waals surface area contributed by atoms with E-state index >= 15 is 0 Å². The van der Waals surface area contributed by atoms with Gasteiger partial charge >= 0.3 is 0 Å². The summed E-state index contributed by atoms with van der Waals surface area (Å²) >= 11 is 0. The zero-order valence-electron chi connectivity index (χ0n) is 11.1. The number of nitrogens with zero attached hydrogens (tertiary/aromatic N) is 2. The Morgan fingerprint density at radius 2 is 2.29 bits per heavy atom. The second-order valence-corrected chi connectivity index (χ2v) is 4.93. The van der Waals surface area contributed by atoms with Crippen LogP contribution in [-0.4, -0.2) is 35.2 Å². The smallest absolute Gasteiger partial charge is 0.133 e. The van der Waals surface area contributed by atoms with Crippen LogP contribution in [0.3, 0.4) is 0 Å². The maximum Gasteiger partial charge on any atom is 0.133 e. The molecule has 2 atom stereocenters. The van der Waals surface area contributed by atoms with Crippen molar-refractivity contribution < 1.29 is 4.52 Å². The molecule has 0 saturated carbocycles. The van der Waals surface area contributed by atoms with Gasteiger partial charge in [-0.1, -0.05) is 19.0 Å². The minimum absolute atomic E-state index is 0.616. The van der Waals surface area contributed by atoms with Gasteiger partial charge < -0.3 is 9.84 Å². The summed E-state index contributed by atoms with van der Waals surface area (Å²) in [5, 5.41) is 7.70. The lowest BCUT2D eigenvalue weighted by molar-refractivity contribution is 0.114. The third kappa shape index (κ3) is 3.07. The standard InChI is InChI=1S/C13H23N3O/c1-4-11-8-16(13(5-2)7-14-11)9-12-6-10(3)17-15-12/h6,11,13-14H,4-5,7-9H2,1-3H3. The molecule has 0 radical (unpaired) electrons. The summed E-state index contributed by atoms with van der Waals surface area (Å²) < 4.78 is 5.14. The largest absolute Gasteiger partial charge is 0.361 e. The average molecular weight is 237 g/mol. The molecule has 0 spiro atoms. The predicted octanol–water partition coefficient (Wildman–Crippen LogP) is 1.95. The first-order valence-electron chi connectivity index (χ1n) is 6.62. The van der Waals surface area contributed by atoms with E-state index in [9.17, 15) is 0 Å². The normalized spacial score (nSPS) is 26.3. The number of aromatic nitrogens is 1. The third-order valence-corrected chi connectivity index (χ3v) is 3.62. The first-order chi connectivity index (χ1) is 8.22. The molecule has 17 heavy (non-hydrogen) atoms. The molecule has 0 bridgehead atoms. The van der Waals surface area contributed by atoms with E-state index in [0.717, 1.165) is 31.1 Å². The molecule has 1 aliphatic rings. The van der Waals surface area contributed by atoms with E-state index in [-0.39, 0.29) is 0 Å². The number of nitrogens with one attached hydrogen (secondary N) is 1. The average Bonchev–Trinajstić information content (AvgIpc) is 2.74. The fourth-order valence-corrected chi connectivity index (χ4v) is 2.50. The lowest BCUT2D eigenvalue weighted by Crippen LogP contribution is -2.55. The van der Waals surface area contributed by atoms with Crippen molar-refractivity contribution in [3.63, 3.8) is 0 Å². The lowest BCUT2D eigenvalue weighted by atomic mass is 10.0. The second kappa shape index (κ2) is 5.65. The van der Waals surface area contributed by atoms with Crippen molar-refractivity contribution in [3.05, 3.63) is 17.5 Å². The molecule has 1 fully saturated rings. The van der Waals surface area contributed by atoms with Gasteiger partial charge in [-0.25, -0.2) is 0 Å². The van der Waals surface area contributed by atoms with Crippen LogP contribution in [0.5, 0.6) is 0 Å². The van der Waals surface area contributed by atoms with Crippen molar-refractivity contribution in [2.45, 2.75) is 52.2 Å². The molecular formula is C13H23N3O. The van der Waals surface area contributed by atoms with Crippen LogP contribution in [0.25, 0.3) is 0 Å². The number of rotatable bonds is 4. The van der Waals surface area contributed by atoms with Gasteiger partial charge in [-0.15, -0.1) is 0 Å². The molecular weight excluding hydrogens is 214 g/mol. The molecule has 2 rings (SSSR count). The highest BCUT2D eigenvalue weighted by Gasteiger charge is 2.26. The van der Waals surface area contributed by atoms with Crippen molar-refractivity contribution in [1.29, 1.82) is 0 Å². The molecule has 4 heteroatoms. The number of aryl methyl sites for hydroxylation is 1. The molecule has 0 amide bonds.